The summed E-state index contributed by atoms with van der Waals surface area (Å²) in [4.78, 5) is 2.47. The smallest absolute Gasteiger partial charge is 0.0474 e. The van der Waals surface area contributed by atoms with Gasteiger partial charge in [0.25, 0.3) is 0 Å². The van der Waals surface area contributed by atoms with Gasteiger partial charge in [0.05, 0.1) is 0 Å². The van der Waals surface area contributed by atoms with E-state index in [4.69, 9.17) is 0 Å². The van der Waals surface area contributed by atoms with Crippen LogP contribution >= 0.6 is 0 Å². The van der Waals surface area contributed by atoms with E-state index in [0.29, 0.717) is 0 Å². The lowest BCUT2D eigenvalue weighted by molar-refractivity contribution is 0.660. The van der Waals surface area contributed by atoms with Gasteiger partial charge in [0.2, 0.25) is 0 Å². The van der Waals surface area contributed by atoms with Crippen molar-refractivity contribution in [3.8, 4) is 44.5 Å². The third-order valence-corrected chi connectivity index (χ3v) is 11.0. The molecule has 0 bridgehead atoms. The molecule has 0 amide bonds. The summed E-state index contributed by atoms with van der Waals surface area (Å²) < 4.78 is 0. The van der Waals surface area contributed by atoms with Gasteiger partial charge in [0.15, 0.2) is 0 Å². The Labute approximate surface area is 290 Å². The third-order valence-electron chi connectivity index (χ3n) is 11.0. The summed E-state index contributed by atoms with van der Waals surface area (Å²) in [7, 11) is 0. The van der Waals surface area contributed by atoms with Crippen LogP contribution < -0.4 is 4.90 Å². The molecule has 0 heterocycles. The second-order valence-corrected chi connectivity index (χ2v) is 14.6. The molecule has 0 atom stereocenters. The van der Waals surface area contributed by atoms with E-state index < -0.39 is 0 Å². The molecule has 49 heavy (non-hydrogen) atoms. The minimum atomic E-state index is -0.124. The first-order chi connectivity index (χ1) is 23.8. The summed E-state index contributed by atoms with van der Waals surface area (Å²) in [6, 6.07) is 60.5. The number of benzene rings is 7. The van der Waals surface area contributed by atoms with Crippen molar-refractivity contribution in [2.75, 3.05) is 4.90 Å². The molecular weight excluding hydrogens is 591 g/mol. The third kappa shape index (κ3) is 4.53. The van der Waals surface area contributed by atoms with Crippen LogP contribution in [0.15, 0.2) is 164 Å². The molecule has 1 heteroatoms. The molecule has 0 fully saturated rings. The highest BCUT2D eigenvalue weighted by atomic mass is 15.1. The lowest BCUT2D eigenvalue weighted by atomic mass is 9.78. The number of fused-ring (bicyclic) bond motifs is 6. The van der Waals surface area contributed by atoms with Gasteiger partial charge in [-0.1, -0.05) is 155 Å². The Morgan fingerprint density at radius 1 is 0.327 bits per heavy atom. The second kappa shape index (κ2) is 10.9. The molecule has 236 valence electrons. The predicted octanol–water partition coefficient (Wildman–Crippen LogP) is 13.1. The van der Waals surface area contributed by atoms with Gasteiger partial charge in [0.1, 0.15) is 0 Å². The highest BCUT2D eigenvalue weighted by Crippen LogP contribution is 2.55. The highest BCUT2D eigenvalue weighted by molar-refractivity contribution is 5.94. The van der Waals surface area contributed by atoms with Crippen LogP contribution in [-0.4, -0.2) is 0 Å². The maximum atomic E-state index is 2.47. The Morgan fingerprint density at radius 3 is 1.49 bits per heavy atom. The number of hydrogen-bond acceptors (Lipinski definition) is 1. The van der Waals surface area contributed by atoms with Crippen molar-refractivity contribution in [3.63, 3.8) is 0 Å². The number of hydrogen-bond donors (Lipinski definition) is 0. The van der Waals surface area contributed by atoms with Crippen LogP contribution in [0.4, 0.5) is 17.1 Å². The van der Waals surface area contributed by atoms with E-state index in [9.17, 15) is 0 Å². The molecule has 0 N–H and O–H groups in total. The van der Waals surface area contributed by atoms with Crippen LogP contribution in [-0.2, 0) is 10.8 Å². The van der Waals surface area contributed by atoms with Gasteiger partial charge in [-0.25, -0.2) is 0 Å². The average Bonchev–Trinajstić information content (AvgIpc) is 3.52. The number of rotatable bonds is 5. The fourth-order valence-electron chi connectivity index (χ4n) is 8.60. The van der Waals surface area contributed by atoms with Crippen LogP contribution in [0.3, 0.4) is 0 Å². The van der Waals surface area contributed by atoms with Crippen LogP contribution in [0.2, 0.25) is 0 Å². The van der Waals surface area contributed by atoms with E-state index in [2.05, 4.69) is 196 Å². The van der Waals surface area contributed by atoms with Gasteiger partial charge >= 0.3 is 0 Å². The largest absolute Gasteiger partial charge is 0.310 e. The van der Waals surface area contributed by atoms with Crippen molar-refractivity contribution in [1.29, 1.82) is 0 Å². The Hall–Kier alpha value is -5.66. The molecule has 0 unspecified atom stereocenters. The first kappa shape index (κ1) is 29.5. The molecule has 7 aromatic rings. The molecule has 0 aliphatic heterocycles. The highest BCUT2D eigenvalue weighted by Gasteiger charge is 2.39. The van der Waals surface area contributed by atoms with Gasteiger partial charge in [-0.3, -0.25) is 0 Å². The molecule has 0 saturated carbocycles. The predicted molar refractivity (Wildman–Crippen MR) is 207 cm³/mol. The van der Waals surface area contributed by atoms with Crippen molar-refractivity contribution < 1.29 is 0 Å². The van der Waals surface area contributed by atoms with Crippen LogP contribution in [0, 0.1) is 0 Å². The zero-order valence-electron chi connectivity index (χ0n) is 28.5. The summed E-state index contributed by atoms with van der Waals surface area (Å²) in [6.45, 7) is 9.49. The molecule has 1 nitrogen and oxygen atoms in total. The second-order valence-electron chi connectivity index (χ2n) is 14.6. The van der Waals surface area contributed by atoms with Crippen molar-refractivity contribution in [1.82, 2.24) is 0 Å². The quantitative estimate of drug-likeness (QED) is 0.183. The average molecular weight is 630 g/mol. The van der Waals surface area contributed by atoms with Crippen molar-refractivity contribution >= 4 is 17.1 Å². The normalized spacial score (nSPS) is 14.4. The van der Waals surface area contributed by atoms with Crippen LogP contribution in [0.1, 0.15) is 49.9 Å². The molecule has 0 saturated heterocycles. The summed E-state index contributed by atoms with van der Waals surface area (Å²) in [6.07, 6.45) is 0. The Balaban J connectivity index is 1.29. The maximum Gasteiger partial charge on any atom is 0.0474 e. The number of anilines is 3. The zero-order valence-corrected chi connectivity index (χ0v) is 28.5. The summed E-state index contributed by atoms with van der Waals surface area (Å²) in [5.74, 6) is 0. The van der Waals surface area contributed by atoms with E-state index in [1.807, 2.05) is 0 Å². The lowest BCUT2D eigenvalue weighted by Crippen LogP contribution is -2.18. The first-order valence-electron chi connectivity index (χ1n) is 17.4. The van der Waals surface area contributed by atoms with Gasteiger partial charge < -0.3 is 4.90 Å². The van der Waals surface area contributed by atoms with Gasteiger partial charge in [-0.15, -0.1) is 0 Å². The van der Waals surface area contributed by atoms with E-state index in [1.165, 1.54) is 66.8 Å². The lowest BCUT2D eigenvalue weighted by Gasteiger charge is -2.30. The summed E-state index contributed by atoms with van der Waals surface area (Å²) >= 11 is 0. The molecular formula is C48H39N. The molecule has 9 rings (SSSR count). The maximum absolute atomic E-state index is 2.47. The van der Waals surface area contributed by atoms with Crippen LogP contribution in [0.25, 0.3) is 44.5 Å². The fourth-order valence-corrected chi connectivity index (χ4v) is 8.60. The molecule has 7 aromatic carbocycles. The Kier molecular flexibility index (Phi) is 6.58. The van der Waals surface area contributed by atoms with Crippen molar-refractivity contribution in [3.05, 3.63) is 186 Å². The van der Waals surface area contributed by atoms with Gasteiger partial charge in [0, 0.05) is 27.9 Å². The zero-order chi connectivity index (χ0) is 33.3. The van der Waals surface area contributed by atoms with Crippen LogP contribution in [0.5, 0.6) is 0 Å². The van der Waals surface area contributed by atoms with Crippen molar-refractivity contribution in [2.45, 2.75) is 38.5 Å². The van der Waals surface area contributed by atoms with E-state index >= 15 is 0 Å². The Morgan fingerprint density at radius 2 is 0.816 bits per heavy atom. The summed E-state index contributed by atoms with van der Waals surface area (Å²) in [5.41, 5.74) is 19.1. The van der Waals surface area contributed by atoms with Gasteiger partial charge in [-0.2, -0.15) is 0 Å². The Bertz CT molecular complexity index is 2360. The minimum absolute atomic E-state index is 0.0964. The molecule has 0 spiro atoms. The number of nitrogens with zero attached hydrogens (tertiary/aromatic N) is 1. The molecule has 2 aliphatic carbocycles. The first-order valence-corrected chi connectivity index (χ1v) is 17.4. The monoisotopic (exact) mass is 629 g/mol. The summed E-state index contributed by atoms with van der Waals surface area (Å²) in [5, 5.41) is 0. The molecule has 0 radical (unpaired) electrons. The topological polar surface area (TPSA) is 3.24 Å². The van der Waals surface area contributed by atoms with Gasteiger partial charge in [-0.05, 0) is 103 Å². The van der Waals surface area contributed by atoms with Crippen molar-refractivity contribution in [2.24, 2.45) is 0 Å². The SMILES string of the molecule is CC1(C)c2ccccc2-c2ccc(N(c3ccc(-c4ccccc4)cc3)c3cc(-c4ccccc4)c4c(c3)-c3ccccc3C4(C)C)cc21. The van der Waals surface area contributed by atoms with E-state index in [0.717, 1.165) is 17.1 Å². The minimum Gasteiger partial charge on any atom is -0.310 e. The fraction of sp³-hybridized carbons (Fsp3) is 0.125. The standard InChI is InChI=1S/C48H39N/c1-47(2)43-21-13-11-19-38(43)40-28-27-36(31-45(40)47)49(35-25-23-33(24-26-35)32-15-7-5-8-16-32)37-29-41(34-17-9-6-10-18-34)46-42(30-37)39-20-12-14-22-44(39)48(46,3)4/h5-31H,1-4H3. The molecule has 2 aliphatic rings. The van der Waals surface area contributed by atoms with E-state index in [-0.39, 0.29) is 10.8 Å². The van der Waals surface area contributed by atoms with E-state index in [1.54, 1.807) is 0 Å². The molecule has 0 aromatic heterocycles.